The van der Waals surface area contributed by atoms with E-state index in [2.05, 4.69) is 0 Å². The molecular formula is C14H10BF5O3. The van der Waals surface area contributed by atoms with Gasteiger partial charge in [0.25, 0.3) is 0 Å². The van der Waals surface area contributed by atoms with Gasteiger partial charge in [-0.3, -0.25) is 0 Å². The number of ether oxygens (including phenoxy) is 1. The molecule has 3 nitrogen and oxygen atoms in total. The maximum absolute atomic E-state index is 13.5. The summed E-state index contributed by atoms with van der Waals surface area (Å²) in [5, 5.41) is 18.3. The maximum atomic E-state index is 13.5. The van der Waals surface area contributed by atoms with Crippen LogP contribution in [-0.2, 0) is 12.8 Å². The summed E-state index contributed by atoms with van der Waals surface area (Å²) < 4.78 is 69.2. The van der Waals surface area contributed by atoms with E-state index in [1.54, 1.807) is 0 Å². The molecule has 0 unspecified atom stereocenters. The van der Waals surface area contributed by atoms with Crippen LogP contribution in [0.2, 0.25) is 0 Å². The second-order valence-electron chi connectivity index (χ2n) is 4.65. The average molecular weight is 332 g/mol. The highest BCUT2D eigenvalue weighted by Gasteiger charge is 2.32. The molecule has 0 fully saturated rings. The minimum atomic E-state index is -4.66. The van der Waals surface area contributed by atoms with Crippen LogP contribution in [-0.4, -0.2) is 17.2 Å². The number of rotatable bonds is 4. The summed E-state index contributed by atoms with van der Waals surface area (Å²) in [6, 6.07) is 4.87. The van der Waals surface area contributed by atoms with Crippen molar-refractivity contribution in [3.05, 3.63) is 59.2 Å². The Morgan fingerprint density at radius 2 is 1.70 bits per heavy atom. The number of hydrogen-bond donors (Lipinski definition) is 2. The molecule has 0 atom stereocenters. The molecule has 0 aliphatic heterocycles. The lowest BCUT2D eigenvalue weighted by Gasteiger charge is -2.14. The van der Waals surface area contributed by atoms with Gasteiger partial charge in [-0.15, -0.1) is 0 Å². The first-order valence-corrected chi connectivity index (χ1v) is 6.32. The molecule has 0 aromatic heterocycles. The molecule has 0 saturated carbocycles. The number of hydrogen-bond acceptors (Lipinski definition) is 3. The molecule has 2 aromatic carbocycles. The summed E-state index contributed by atoms with van der Waals surface area (Å²) >= 11 is 0. The molecule has 0 radical (unpaired) electrons. The Bertz CT molecular complexity index is 703. The van der Waals surface area contributed by atoms with E-state index in [9.17, 15) is 22.0 Å². The molecule has 23 heavy (non-hydrogen) atoms. The lowest BCUT2D eigenvalue weighted by Crippen LogP contribution is -2.32. The van der Waals surface area contributed by atoms with Gasteiger partial charge < -0.3 is 14.8 Å². The summed E-state index contributed by atoms with van der Waals surface area (Å²) in [4.78, 5) is 0. The van der Waals surface area contributed by atoms with Crippen LogP contribution in [0.15, 0.2) is 36.4 Å². The van der Waals surface area contributed by atoms with Crippen LogP contribution in [0.3, 0.4) is 0 Å². The second kappa shape index (κ2) is 6.55. The molecular weight excluding hydrogens is 322 g/mol. The first-order chi connectivity index (χ1) is 10.7. The third-order valence-electron chi connectivity index (χ3n) is 3.01. The summed E-state index contributed by atoms with van der Waals surface area (Å²) in [5.41, 5.74) is -1.63. The molecule has 2 rings (SSSR count). The highest BCUT2D eigenvalue weighted by Crippen LogP contribution is 2.30. The van der Waals surface area contributed by atoms with Crippen LogP contribution in [0.1, 0.15) is 11.1 Å². The van der Waals surface area contributed by atoms with Gasteiger partial charge in [0, 0.05) is 17.1 Å². The monoisotopic (exact) mass is 332 g/mol. The summed E-state index contributed by atoms with van der Waals surface area (Å²) in [6.07, 6.45) is -4.66. The Kier molecular flexibility index (Phi) is 4.91. The van der Waals surface area contributed by atoms with Crippen LogP contribution < -0.4 is 10.2 Å². The lowest BCUT2D eigenvalue weighted by molar-refractivity contribution is -0.137. The molecule has 0 saturated heterocycles. The van der Waals surface area contributed by atoms with Gasteiger partial charge in [0.1, 0.15) is 24.0 Å². The van der Waals surface area contributed by atoms with Crippen LogP contribution in [0, 0.1) is 11.6 Å². The van der Waals surface area contributed by atoms with Gasteiger partial charge in [-0.05, 0) is 30.3 Å². The molecule has 2 N–H and O–H groups in total. The third-order valence-corrected chi connectivity index (χ3v) is 3.01. The average Bonchev–Trinajstić information content (AvgIpc) is 2.45. The Morgan fingerprint density at radius 1 is 1.00 bits per heavy atom. The van der Waals surface area contributed by atoms with E-state index < -0.39 is 42.6 Å². The number of alkyl halides is 3. The van der Waals surface area contributed by atoms with E-state index in [1.807, 2.05) is 0 Å². The first kappa shape index (κ1) is 17.2. The van der Waals surface area contributed by atoms with Gasteiger partial charge in [0.05, 0.1) is 5.56 Å². The van der Waals surface area contributed by atoms with Gasteiger partial charge in [-0.1, -0.05) is 0 Å². The highest BCUT2D eigenvalue weighted by atomic mass is 19.4. The van der Waals surface area contributed by atoms with Gasteiger partial charge in [-0.25, -0.2) is 8.78 Å². The van der Waals surface area contributed by atoms with Crippen LogP contribution >= 0.6 is 0 Å². The van der Waals surface area contributed by atoms with Gasteiger partial charge in [0.2, 0.25) is 0 Å². The van der Waals surface area contributed by atoms with Crippen LogP contribution in [0.25, 0.3) is 0 Å². The lowest BCUT2D eigenvalue weighted by atomic mass is 9.78. The van der Waals surface area contributed by atoms with E-state index in [0.29, 0.717) is 18.2 Å². The summed E-state index contributed by atoms with van der Waals surface area (Å²) in [6.45, 7) is -0.419. The fourth-order valence-electron chi connectivity index (χ4n) is 1.85. The number of benzene rings is 2. The van der Waals surface area contributed by atoms with Crippen LogP contribution in [0.4, 0.5) is 22.0 Å². The molecule has 122 valence electrons. The molecule has 0 heterocycles. The molecule has 9 heteroatoms. The van der Waals surface area contributed by atoms with E-state index in [-0.39, 0.29) is 11.3 Å². The molecule has 0 aliphatic rings. The molecule has 2 aromatic rings. The summed E-state index contributed by atoms with van der Waals surface area (Å²) in [7, 11) is -2.20. The van der Waals surface area contributed by atoms with E-state index in [4.69, 9.17) is 14.8 Å². The largest absolute Gasteiger partial charge is 0.492 e. The van der Waals surface area contributed by atoms with Crippen molar-refractivity contribution in [2.75, 3.05) is 0 Å². The fraction of sp³-hybridized carbons (Fsp3) is 0.143. The first-order valence-electron chi connectivity index (χ1n) is 6.32. The Morgan fingerprint density at radius 3 is 2.26 bits per heavy atom. The van der Waals surface area contributed by atoms with Crippen molar-refractivity contribution < 1.29 is 36.7 Å². The van der Waals surface area contributed by atoms with Crippen molar-refractivity contribution in [3.63, 3.8) is 0 Å². The smallest absolute Gasteiger partial charge is 0.489 e. The number of halogens is 5. The molecule has 0 amide bonds. The Labute approximate surface area is 128 Å². The maximum Gasteiger partial charge on any atom is 0.492 e. The topological polar surface area (TPSA) is 49.7 Å². The quantitative estimate of drug-likeness (QED) is 0.667. The van der Waals surface area contributed by atoms with Crippen LogP contribution in [0.5, 0.6) is 5.75 Å². The van der Waals surface area contributed by atoms with Crippen molar-refractivity contribution in [2.24, 2.45) is 0 Å². The van der Waals surface area contributed by atoms with Gasteiger partial charge >= 0.3 is 13.3 Å². The summed E-state index contributed by atoms with van der Waals surface area (Å²) in [5.74, 6) is -1.92. The Hall–Kier alpha value is -2.13. The van der Waals surface area contributed by atoms with Crippen molar-refractivity contribution >= 4 is 12.6 Å². The predicted octanol–water partition coefficient (Wildman–Crippen LogP) is 2.24. The normalized spacial score (nSPS) is 11.4. The standard InChI is InChI=1S/C14H10BF5O3/c16-10-3-1-8(12(17)6-10)7-23-13-4-2-9(14(18,19)20)5-11(13)15(21)22/h1-6,21-22H,7H2. The van der Waals surface area contributed by atoms with Crippen molar-refractivity contribution in [3.8, 4) is 5.75 Å². The third kappa shape index (κ3) is 4.20. The van der Waals surface area contributed by atoms with Crippen molar-refractivity contribution in [2.45, 2.75) is 12.8 Å². The van der Waals surface area contributed by atoms with E-state index >= 15 is 0 Å². The molecule has 0 aliphatic carbocycles. The zero-order chi connectivity index (χ0) is 17.2. The zero-order valence-corrected chi connectivity index (χ0v) is 11.4. The van der Waals surface area contributed by atoms with Gasteiger partial charge in [0.15, 0.2) is 0 Å². The molecule has 0 spiro atoms. The van der Waals surface area contributed by atoms with Crippen molar-refractivity contribution in [1.82, 2.24) is 0 Å². The minimum absolute atomic E-state index is 0.0373. The van der Waals surface area contributed by atoms with E-state index in [0.717, 1.165) is 18.2 Å². The second-order valence-corrected chi connectivity index (χ2v) is 4.65. The van der Waals surface area contributed by atoms with Gasteiger partial charge in [-0.2, -0.15) is 13.2 Å². The highest BCUT2D eigenvalue weighted by molar-refractivity contribution is 6.59. The minimum Gasteiger partial charge on any atom is -0.489 e. The Balaban J connectivity index is 2.25. The SMILES string of the molecule is OB(O)c1cc(C(F)(F)F)ccc1OCc1ccc(F)cc1F. The predicted molar refractivity (Wildman–Crippen MR) is 72.0 cm³/mol. The van der Waals surface area contributed by atoms with E-state index in [1.165, 1.54) is 0 Å². The zero-order valence-electron chi connectivity index (χ0n) is 11.4. The molecule has 0 bridgehead atoms. The van der Waals surface area contributed by atoms with Crippen molar-refractivity contribution in [1.29, 1.82) is 0 Å². The fourth-order valence-corrected chi connectivity index (χ4v) is 1.85.